The van der Waals surface area contributed by atoms with Gasteiger partial charge in [0.05, 0.1) is 31.5 Å². The van der Waals surface area contributed by atoms with Crippen LogP contribution in [0.5, 0.6) is 0 Å². The first kappa shape index (κ1) is 13.3. The minimum absolute atomic E-state index is 0.0886. The van der Waals surface area contributed by atoms with Crippen LogP contribution in [0.3, 0.4) is 0 Å². The highest BCUT2D eigenvalue weighted by Gasteiger charge is 2.47. The van der Waals surface area contributed by atoms with Gasteiger partial charge in [0.1, 0.15) is 0 Å². The molecule has 2 saturated carbocycles. The van der Waals surface area contributed by atoms with Crippen LogP contribution in [0.15, 0.2) is 0 Å². The van der Waals surface area contributed by atoms with Gasteiger partial charge >= 0.3 is 0 Å². The van der Waals surface area contributed by atoms with Gasteiger partial charge in [-0.25, -0.2) is 0 Å². The van der Waals surface area contributed by atoms with E-state index in [1.165, 1.54) is 25.7 Å². The first-order valence-corrected chi connectivity index (χ1v) is 6.69. The molecule has 0 spiro atoms. The average Bonchev–Trinajstić information content (AvgIpc) is 3.16. The van der Waals surface area contributed by atoms with Crippen LogP contribution in [0.1, 0.15) is 32.6 Å². The third-order valence-corrected chi connectivity index (χ3v) is 3.74. The number of rotatable bonds is 9. The first-order valence-electron chi connectivity index (χ1n) is 6.69. The molecule has 0 amide bonds. The maximum absolute atomic E-state index is 9.73. The molecule has 0 heterocycles. The Morgan fingerprint density at radius 1 is 1.35 bits per heavy atom. The van der Waals surface area contributed by atoms with Gasteiger partial charge in [-0.05, 0) is 38.5 Å². The molecular formula is C13H25NO3. The summed E-state index contributed by atoms with van der Waals surface area (Å²) in [6, 6.07) is 0.601. The average molecular weight is 243 g/mol. The molecule has 4 heteroatoms. The predicted molar refractivity (Wildman–Crippen MR) is 66.0 cm³/mol. The predicted octanol–water partition coefficient (Wildman–Crippen LogP) is 0.931. The Balaban J connectivity index is 1.85. The summed E-state index contributed by atoms with van der Waals surface area (Å²) in [5.74, 6) is 0.586. The zero-order valence-electron chi connectivity index (χ0n) is 10.9. The van der Waals surface area contributed by atoms with E-state index >= 15 is 0 Å². The molecule has 0 aromatic heterocycles. The van der Waals surface area contributed by atoms with Crippen molar-refractivity contribution in [1.29, 1.82) is 0 Å². The second-order valence-corrected chi connectivity index (χ2v) is 5.58. The highest BCUT2D eigenvalue weighted by Crippen LogP contribution is 2.41. The van der Waals surface area contributed by atoms with Crippen molar-refractivity contribution < 1.29 is 14.6 Å². The summed E-state index contributed by atoms with van der Waals surface area (Å²) in [6.07, 6.45) is 4.99. The quantitative estimate of drug-likeness (QED) is 0.632. The first-order chi connectivity index (χ1) is 8.20. The van der Waals surface area contributed by atoms with Crippen LogP contribution in [-0.2, 0) is 9.47 Å². The molecule has 2 fully saturated rings. The Morgan fingerprint density at radius 3 is 2.53 bits per heavy atom. The maximum Gasteiger partial charge on any atom is 0.0781 e. The van der Waals surface area contributed by atoms with Gasteiger partial charge < -0.3 is 19.9 Å². The van der Waals surface area contributed by atoms with Crippen molar-refractivity contribution in [2.75, 3.05) is 26.9 Å². The molecule has 2 aliphatic rings. The van der Waals surface area contributed by atoms with Crippen LogP contribution in [-0.4, -0.2) is 49.7 Å². The van der Waals surface area contributed by atoms with E-state index in [0.717, 1.165) is 0 Å². The molecule has 2 N–H and O–H groups in total. The lowest BCUT2D eigenvalue weighted by Crippen LogP contribution is -2.55. The van der Waals surface area contributed by atoms with E-state index < -0.39 is 0 Å². The number of nitrogens with one attached hydrogen (secondary N) is 1. The van der Waals surface area contributed by atoms with Crippen LogP contribution in [0.4, 0.5) is 0 Å². The Hall–Kier alpha value is -0.160. The second kappa shape index (κ2) is 5.65. The van der Waals surface area contributed by atoms with Crippen molar-refractivity contribution in [3.05, 3.63) is 0 Å². The third-order valence-electron chi connectivity index (χ3n) is 3.74. The number of hydrogen-bond acceptors (Lipinski definition) is 4. The number of methoxy groups -OCH3 is 1. The largest absolute Gasteiger partial charge is 0.394 e. The number of aliphatic hydroxyl groups is 1. The minimum Gasteiger partial charge on any atom is -0.394 e. The van der Waals surface area contributed by atoms with Crippen molar-refractivity contribution >= 4 is 0 Å². The summed E-state index contributed by atoms with van der Waals surface area (Å²) in [4.78, 5) is 0. The van der Waals surface area contributed by atoms with E-state index in [9.17, 15) is 5.11 Å². The van der Waals surface area contributed by atoms with Crippen molar-refractivity contribution in [3.63, 3.8) is 0 Å². The van der Waals surface area contributed by atoms with Crippen LogP contribution in [0.2, 0.25) is 0 Å². The Labute approximate surface area is 104 Å². The summed E-state index contributed by atoms with van der Waals surface area (Å²) < 4.78 is 10.9. The van der Waals surface area contributed by atoms with Crippen molar-refractivity contribution in [2.45, 2.75) is 50.3 Å². The highest BCUT2D eigenvalue weighted by molar-refractivity contribution is 5.04. The molecule has 17 heavy (non-hydrogen) atoms. The fourth-order valence-corrected chi connectivity index (χ4v) is 2.34. The molecule has 2 unspecified atom stereocenters. The molecular weight excluding hydrogens is 218 g/mol. The van der Waals surface area contributed by atoms with Crippen molar-refractivity contribution in [1.82, 2.24) is 5.32 Å². The molecule has 100 valence electrons. The fourth-order valence-electron chi connectivity index (χ4n) is 2.34. The zero-order valence-corrected chi connectivity index (χ0v) is 10.9. The molecule has 0 aromatic rings. The van der Waals surface area contributed by atoms with Gasteiger partial charge in [-0.3, -0.25) is 0 Å². The van der Waals surface area contributed by atoms with Crippen LogP contribution in [0.25, 0.3) is 0 Å². The molecule has 0 aromatic carbocycles. The summed E-state index contributed by atoms with van der Waals surface area (Å²) in [5.41, 5.74) is -0.205. The SMILES string of the molecule is COCC(C)OCC(CO)(NC1CC1)C1CC1. The number of hydrogen-bond donors (Lipinski definition) is 2. The molecule has 2 aliphatic carbocycles. The van der Waals surface area contributed by atoms with E-state index in [4.69, 9.17) is 9.47 Å². The molecule has 0 aliphatic heterocycles. The number of ether oxygens (including phenoxy) is 2. The van der Waals surface area contributed by atoms with E-state index in [1.54, 1.807) is 7.11 Å². The number of aliphatic hydroxyl groups excluding tert-OH is 1. The van der Waals surface area contributed by atoms with Gasteiger partial charge in [-0.2, -0.15) is 0 Å². The van der Waals surface area contributed by atoms with Crippen LogP contribution in [0, 0.1) is 5.92 Å². The van der Waals surface area contributed by atoms with Gasteiger partial charge in [0.25, 0.3) is 0 Å². The van der Waals surface area contributed by atoms with Gasteiger partial charge in [0, 0.05) is 13.2 Å². The van der Waals surface area contributed by atoms with Gasteiger partial charge in [-0.1, -0.05) is 0 Å². The Kier molecular flexibility index (Phi) is 4.42. The zero-order chi connectivity index (χ0) is 12.3. The molecule has 4 nitrogen and oxygen atoms in total. The van der Waals surface area contributed by atoms with Crippen molar-refractivity contribution in [3.8, 4) is 0 Å². The summed E-state index contributed by atoms with van der Waals surface area (Å²) in [5, 5.41) is 13.3. The Bertz CT molecular complexity index is 241. The summed E-state index contributed by atoms with van der Waals surface area (Å²) in [7, 11) is 1.68. The smallest absolute Gasteiger partial charge is 0.0781 e. The molecule has 0 radical (unpaired) electrons. The van der Waals surface area contributed by atoms with E-state index in [0.29, 0.717) is 25.2 Å². The van der Waals surface area contributed by atoms with Gasteiger partial charge in [0.2, 0.25) is 0 Å². The Morgan fingerprint density at radius 2 is 2.06 bits per heavy atom. The van der Waals surface area contributed by atoms with E-state index in [-0.39, 0.29) is 18.2 Å². The molecule has 2 rings (SSSR count). The summed E-state index contributed by atoms with van der Waals surface area (Å²) >= 11 is 0. The molecule has 0 bridgehead atoms. The maximum atomic E-state index is 9.73. The monoisotopic (exact) mass is 243 g/mol. The minimum atomic E-state index is -0.205. The fraction of sp³-hybridized carbons (Fsp3) is 1.00. The van der Waals surface area contributed by atoms with Gasteiger partial charge in [-0.15, -0.1) is 0 Å². The van der Waals surface area contributed by atoms with Crippen LogP contribution >= 0.6 is 0 Å². The lowest BCUT2D eigenvalue weighted by atomic mass is 9.95. The van der Waals surface area contributed by atoms with Crippen molar-refractivity contribution in [2.24, 2.45) is 5.92 Å². The third kappa shape index (κ3) is 3.65. The standard InChI is InChI=1S/C13H25NO3/c1-10(7-16-2)17-9-13(8-15,11-3-4-11)14-12-5-6-12/h10-12,14-15H,3-9H2,1-2H3. The van der Waals surface area contributed by atoms with Crippen LogP contribution < -0.4 is 5.32 Å². The second-order valence-electron chi connectivity index (χ2n) is 5.58. The van der Waals surface area contributed by atoms with Gasteiger partial charge in [0.15, 0.2) is 0 Å². The molecule has 2 atom stereocenters. The molecule has 0 saturated heterocycles. The highest BCUT2D eigenvalue weighted by atomic mass is 16.5. The topological polar surface area (TPSA) is 50.7 Å². The summed E-state index contributed by atoms with van der Waals surface area (Å²) in [6.45, 7) is 3.38. The van der Waals surface area contributed by atoms with E-state index in [2.05, 4.69) is 5.32 Å². The normalized spacial score (nSPS) is 25.6. The lowest BCUT2D eigenvalue weighted by molar-refractivity contribution is -0.0390. The van der Waals surface area contributed by atoms with E-state index in [1.807, 2.05) is 6.92 Å². The lowest BCUT2D eigenvalue weighted by Gasteiger charge is -2.34.